The molecule has 0 aliphatic heterocycles. The summed E-state index contributed by atoms with van der Waals surface area (Å²) in [5.41, 5.74) is 0. The molecule has 0 amide bonds. The van der Waals surface area contributed by atoms with E-state index in [9.17, 15) is 0 Å². The van der Waals surface area contributed by atoms with Gasteiger partial charge in [0.1, 0.15) is 0 Å². The van der Waals surface area contributed by atoms with Gasteiger partial charge in [0.15, 0.2) is 0 Å². The first kappa shape index (κ1) is 9.89. The standard InChI is InChI=1S/ClHO4.Rh/c2-1(3,4)5;/h(H,2,3,4,5);/p-1. The van der Waals surface area contributed by atoms with Gasteiger partial charge in [-0.3, -0.25) is 0 Å². The maximum atomic E-state index is 8.49. The molecule has 0 aromatic rings. The quantitative estimate of drug-likeness (QED) is 0.369. The molecule has 0 saturated heterocycles. The minimum Gasteiger partial charge on any atom is -0.222 e. The van der Waals surface area contributed by atoms with Gasteiger partial charge in [0.2, 0.25) is 0 Å². The van der Waals surface area contributed by atoms with Crippen LogP contribution >= 0.6 is 0 Å². The van der Waals surface area contributed by atoms with Gasteiger partial charge in [-0.25, -0.2) is 18.6 Å². The summed E-state index contributed by atoms with van der Waals surface area (Å²) in [5.74, 6) is 0. The molecule has 0 spiro atoms. The average Bonchev–Trinajstić information content (AvgIpc) is 0.722. The Hall–Kier alpha value is 0.753. The molecular weight excluding hydrogens is 202 g/mol. The molecule has 0 fully saturated rings. The van der Waals surface area contributed by atoms with Crippen molar-refractivity contribution in [2.45, 2.75) is 0 Å². The van der Waals surface area contributed by atoms with E-state index in [2.05, 4.69) is 0 Å². The molecule has 0 bridgehead atoms. The van der Waals surface area contributed by atoms with Gasteiger partial charge >= 0.3 is 0 Å². The summed E-state index contributed by atoms with van der Waals surface area (Å²) in [4.78, 5) is 0. The Morgan fingerprint density at radius 1 is 0.833 bits per heavy atom. The molecule has 0 aliphatic carbocycles. The van der Waals surface area contributed by atoms with E-state index in [4.69, 9.17) is 18.6 Å². The van der Waals surface area contributed by atoms with E-state index in [1.807, 2.05) is 0 Å². The predicted molar refractivity (Wildman–Crippen MR) is 0 cm³/mol. The SMILES string of the molecule is [O-][Cl+3]([O-])([O-])[O-].[Rh]. The number of hydrogen-bond acceptors (Lipinski definition) is 4. The second-order valence-electron chi connectivity index (χ2n) is 0.378. The Labute approximate surface area is 48.9 Å². The van der Waals surface area contributed by atoms with E-state index >= 15 is 0 Å². The van der Waals surface area contributed by atoms with Gasteiger partial charge in [0.05, 0.1) is 0 Å². The fourth-order valence-electron chi connectivity index (χ4n) is 0. The van der Waals surface area contributed by atoms with Gasteiger partial charge < -0.3 is 0 Å². The Balaban J connectivity index is 0. The molecule has 0 rings (SSSR count). The van der Waals surface area contributed by atoms with Crippen LogP contribution in [0.15, 0.2) is 0 Å². The topological polar surface area (TPSA) is 92.2 Å². The summed E-state index contributed by atoms with van der Waals surface area (Å²) < 4.78 is 34.0. The maximum absolute atomic E-state index is 8.49. The Morgan fingerprint density at radius 2 is 0.833 bits per heavy atom. The van der Waals surface area contributed by atoms with Gasteiger partial charge in [-0.05, 0) is 0 Å². The Kier molecular flexibility index (Phi) is 4.70. The van der Waals surface area contributed by atoms with Crippen molar-refractivity contribution in [3.8, 4) is 0 Å². The molecule has 0 unspecified atom stereocenters. The third-order valence-corrected chi connectivity index (χ3v) is 0. The van der Waals surface area contributed by atoms with Crippen LogP contribution in [0, 0.1) is 10.2 Å². The van der Waals surface area contributed by atoms with Crippen molar-refractivity contribution in [3.63, 3.8) is 0 Å². The second kappa shape index (κ2) is 2.85. The summed E-state index contributed by atoms with van der Waals surface area (Å²) in [6.07, 6.45) is 0. The molecule has 41 valence electrons. The average molecular weight is 202 g/mol. The van der Waals surface area contributed by atoms with Crippen molar-refractivity contribution < 1.29 is 48.4 Å². The summed E-state index contributed by atoms with van der Waals surface area (Å²) in [6, 6.07) is 0. The molecule has 0 aromatic heterocycles. The van der Waals surface area contributed by atoms with E-state index in [-0.39, 0.29) is 19.5 Å². The summed E-state index contributed by atoms with van der Waals surface area (Å²) in [5, 5.41) is 0. The third kappa shape index (κ3) is 118. The summed E-state index contributed by atoms with van der Waals surface area (Å²) in [6.45, 7) is 0. The van der Waals surface area contributed by atoms with E-state index in [1.165, 1.54) is 0 Å². The normalized spacial score (nSPS) is 10.0. The van der Waals surface area contributed by atoms with Crippen molar-refractivity contribution in [1.29, 1.82) is 0 Å². The van der Waals surface area contributed by atoms with Crippen molar-refractivity contribution in [2.75, 3.05) is 0 Å². The minimum absolute atomic E-state index is 0. The van der Waals surface area contributed by atoms with Gasteiger partial charge in [-0.2, -0.15) is 0 Å². The van der Waals surface area contributed by atoms with E-state index in [1.54, 1.807) is 0 Å². The summed E-state index contributed by atoms with van der Waals surface area (Å²) in [7, 11) is -4.94. The van der Waals surface area contributed by atoms with Gasteiger partial charge in [-0.1, -0.05) is 0 Å². The van der Waals surface area contributed by atoms with Crippen LogP contribution in [0.2, 0.25) is 0 Å². The Bertz CT molecular complexity index is 23.0. The number of halogens is 1. The van der Waals surface area contributed by atoms with E-state index in [0.29, 0.717) is 0 Å². The molecule has 0 aliphatic rings. The van der Waals surface area contributed by atoms with Crippen LogP contribution in [0.25, 0.3) is 0 Å². The molecule has 1 radical (unpaired) electrons. The molecular formula is ClO4Rh-. The molecule has 4 nitrogen and oxygen atoms in total. The first-order chi connectivity index (χ1) is 2.00. The number of rotatable bonds is 0. The van der Waals surface area contributed by atoms with Crippen molar-refractivity contribution in [3.05, 3.63) is 0 Å². The fourth-order valence-corrected chi connectivity index (χ4v) is 0. The first-order valence-electron chi connectivity index (χ1n) is 0.617. The van der Waals surface area contributed by atoms with Gasteiger partial charge in [0, 0.05) is 19.5 Å². The predicted octanol–water partition coefficient (Wildman–Crippen LogP) is -4.76. The smallest absolute Gasteiger partial charge is 0 e. The van der Waals surface area contributed by atoms with Gasteiger partial charge in [-0.15, -0.1) is 10.2 Å². The zero-order valence-corrected chi connectivity index (χ0v) is 4.74. The van der Waals surface area contributed by atoms with Crippen LogP contribution in [0.3, 0.4) is 0 Å². The molecule has 0 heterocycles. The van der Waals surface area contributed by atoms with Crippen LogP contribution in [0.1, 0.15) is 0 Å². The fraction of sp³-hybridized carbons (Fsp3) is 0. The first-order valence-corrected chi connectivity index (χ1v) is 1.85. The van der Waals surface area contributed by atoms with Crippen molar-refractivity contribution in [1.82, 2.24) is 0 Å². The minimum atomic E-state index is -4.94. The van der Waals surface area contributed by atoms with Crippen LogP contribution in [-0.2, 0) is 19.5 Å². The zero-order chi connectivity index (χ0) is 4.50. The van der Waals surface area contributed by atoms with Crippen LogP contribution in [0.5, 0.6) is 0 Å². The van der Waals surface area contributed by atoms with Crippen molar-refractivity contribution in [2.24, 2.45) is 0 Å². The molecule has 0 aromatic carbocycles. The molecule has 0 N–H and O–H groups in total. The molecule has 0 atom stereocenters. The monoisotopic (exact) mass is 202 g/mol. The zero-order valence-electron chi connectivity index (χ0n) is 2.34. The maximum Gasteiger partial charge on any atom is 0 e. The van der Waals surface area contributed by atoms with E-state index < -0.39 is 10.2 Å². The number of hydrogen-bond donors (Lipinski definition) is 0. The van der Waals surface area contributed by atoms with Crippen LogP contribution < -0.4 is 18.6 Å². The molecule has 6 heteroatoms. The largest absolute Gasteiger partial charge is 0.222 e. The second-order valence-corrected chi connectivity index (χ2v) is 1.13. The van der Waals surface area contributed by atoms with Crippen LogP contribution in [-0.4, -0.2) is 0 Å². The third-order valence-electron chi connectivity index (χ3n) is 0. The van der Waals surface area contributed by atoms with E-state index in [0.717, 1.165) is 0 Å². The van der Waals surface area contributed by atoms with Crippen LogP contribution in [0.4, 0.5) is 0 Å². The Morgan fingerprint density at radius 3 is 0.833 bits per heavy atom. The molecule has 0 saturated carbocycles. The summed E-state index contributed by atoms with van der Waals surface area (Å²) >= 11 is 0. The van der Waals surface area contributed by atoms with Crippen molar-refractivity contribution >= 4 is 0 Å². The molecule has 6 heavy (non-hydrogen) atoms. The van der Waals surface area contributed by atoms with Gasteiger partial charge in [0.25, 0.3) is 0 Å².